The number of ether oxygens (including phenoxy) is 2. The number of hydrogen-bond acceptors (Lipinski definition) is 6. The Kier molecular flexibility index (Phi) is 3.04. The summed E-state index contributed by atoms with van der Waals surface area (Å²) >= 11 is 0. The van der Waals surface area contributed by atoms with Crippen molar-refractivity contribution in [1.82, 2.24) is 19.6 Å². The van der Waals surface area contributed by atoms with Crippen LogP contribution in [0.1, 0.15) is 30.1 Å². The molecule has 1 aliphatic carbocycles. The predicted molar refractivity (Wildman–Crippen MR) is 87.5 cm³/mol. The normalized spacial score (nSPS) is 15.8. The number of rotatable bonds is 5. The maximum absolute atomic E-state index is 5.42. The van der Waals surface area contributed by atoms with Crippen molar-refractivity contribution in [3.05, 3.63) is 42.0 Å². The Morgan fingerprint density at radius 2 is 2.08 bits per heavy atom. The Hall–Kier alpha value is -2.83. The van der Waals surface area contributed by atoms with Gasteiger partial charge in [0.1, 0.15) is 5.82 Å². The van der Waals surface area contributed by atoms with Gasteiger partial charge in [0.25, 0.3) is 0 Å². The molecule has 1 aliphatic heterocycles. The molecule has 0 spiro atoms. The minimum absolute atomic E-state index is 0.305. The highest BCUT2D eigenvalue weighted by Crippen LogP contribution is 2.39. The van der Waals surface area contributed by atoms with E-state index in [1.807, 2.05) is 22.7 Å². The van der Waals surface area contributed by atoms with E-state index in [1.54, 1.807) is 6.20 Å². The van der Waals surface area contributed by atoms with E-state index < -0.39 is 0 Å². The van der Waals surface area contributed by atoms with Gasteiger partial charge in [0.15, 0.2) is 17.3 Å². The molecule has 5 rings (SSSR count). The van der Waals surface area contributed by atoms with Crippen molar-refractivity contribution in [2.75, 3.05) is 18.7 Å². The van der Waals surface area contributed by atoms with Crippen LogP contribution in [0.5, 0.6) is 11.5 Å². The topological polar surface area (TPSA) is 73.6 Å². The molecule has 7 heteroatoms. The average molecular weight is 323 g/mol. The lowest BCUT2D eigenvalue weighted by Gasteiger charge is -2.07. The van der Waals surface area contributed by atoms with Crippen molar-refractivity contribution < 1.29 is 9.47 Å². The van der Waals surface area contributed by atoms with Crippen molar-refractivity contribution in [3.63, 3.8) is 0 Å². The van der Waals surface area contributed by atoms with Gasteiger partial charge in [-0.25, -0.2) is 4.98 Å². The maximum atomic E-state index is 5.42. The molecular formula is C17H17N5O2. The van der Waals surface area contributed by atoms with Gasteiger partial charge in [0, 0.05) is 24.9 Å². The van der Waals surface area contributed by atoms with E-state index in [-0.39, 0.29) is 0 Å². The first-order valence-electron chi connectivity index (χ1n) is 8.20. The zero-order valence-electron chi connectivity index (χ0n) is 13.1. The number of nitrogens with zero attached hydrogens (tertiary/aromatic N) is 4. The van der Waals surface area contributed by atoms with Gasteiger partial charge >= 0.3 is 0 Å². The molecule has 0 radical (unpaired) electrons. The lowest BCUT2D eigenvalue weighted by molar-refractivity contribution is 0.174. The summed E-state index contributed by atoms with van der Waals surface area (Å²) in [7, 11) is 0. The zero-order valence-corrected chi connectivity index (χ0v) is 13.1. The summed E-state index contributed by atoms with van der Waals surface area (Å²) in [4.78, 5) is 4.41. The van der Waals surface area contributed by atoms with E-state index in [0.717, 1.165) is 41.8 Å². The SMILES string of the molecule is c1cn2c(C3CC3)nnc2c(NCCc2ccc3c(c2)OCO3)n1. The molecule has 7 nitrogen and oxygen atoms in total. The number of nitrogens with one attached hydrogen (secondary N) is 1. The van der Waals surface area contributed by atoms with Gasteiger partial charge in [-0.05, 0) is 37.0 Å². The summed E-state index contributed by atoms with van der Waals surface area (Å²) in [5.41, 5.74) is 1.99. The highest BCUT2D eigenvalue weighted by Gasteiger charge is 2.29. The highest BCUT2D eigenvalue weighted by atomic mass is 16.7. The third kappa shape index (κ3) is 2.33. The average Bonchev–Trinajstić information content (AvgIpc) is 3.18. The summed E-state index contributed by atoms with van der Waals surface area (Å²) in [6.07, 6.45) is 7.01. The first kappa shape index (κ1) is 13.6. The smallest absolute Gasteiger partial charge is 0.231 e. The summed E-state index contributed by atoms with van der Waals surface area (Å²) in [5.74, 6) is 4.02. The van der Waals surface area contributed by atoms with Gasteiger partial charge in [0.05, 0.1) is 0 Å². The molecule has 0 amide bonds. The molecule has 0 atom stereocenters. The third-order valence-corrected chi connectivity index (χ3v) is 4.44. The molecule has 2 aliphatic rings. The van der Waals surface area contributed by atoms with Crippen molar-refractivity contribution in [1.29, 1.82) is 0 Å². The quantitative estimate of drug-likeness (QED) is 0.777. The van der Waals surface area contributed by atoms with Gasteiger partial charge in [-0.3, -0.25) is 4.40 Å². The van der Waals surface area contributed by atoms with Crippen molar-refractivity contribution >= 4 is 11.5 Å². The zero-order chi connectivity index (χ0) is 15.9. The van der Waals surface area contributed by atoms with Gasteiger partial charge in [0.2, 0.25) is 12.4 Å². The number of aromatic nitrogens is 4. The standard InChI is InChI=1S/C17H17N5O2/c1-4-13-14(24-10-23-13)9-11(1)5-6-18-15-17-21-20-16(12-2-3-12)22(17)8-7-19-15/h1,4,7-9,12H,2-3,5-6,10H2,(H,18,19). The minimum Gasteiger partial charge on any atom is -0.454 e. The molecule has 0 unspecified atom stereocenters. The second-order valence-corrected chi connectivity index (χ2v) is 6.17. The Bertz CT molecular complexity index is 903. The monoisotopic (exact) mass is 323 g/mol. The fourth-order valence-corrected chi connectivity index (χ4v) is 3.01. The van der Waals surface area contributed by atoms with Crippen LogP contribution in [0, 0.1) is 0 Å². The van der Waals surface area contributed by atoms with E-state index in [2.05, 4.69) is 26.6 Å². The molecule has 1 fully saturated rings. The van der Waals surface area contributed by atoms with Crippen LogP contribution in [0.2, 0.25) is 0 Å². The number of fused-ring (bicyclic) bond motifs is 2. The number of anilines is 1. The molecule has 1 aromatic carbocycles. The Morgan fingerprint density at radius 1 is 1.17 bits per heavy atom. The predicted octanol–water partition coefficient (Wildman–Crippen LogP) is 2.38. The second-order valence-electron chi connectivity index (χ2n) is 6.17. The Morgan fingerprint density at radius 3 is 3.00 bits per heavy atom. The van der Waals surface area contributed by atoms with Crippen LogP contribution in [0.4, 0.5) is 5.82 Å². The van der Waals surface area contributed by atoms with Gasteiger partial charge in [-0.2, -0.15) is 0 Å². The fourth-order valence-electron chi connectivity index (χ4n) is 3.01. The third-order valence-electron chi connectivity index (χ3n) is 4.44. The van der Waals surface area contributed by atoms with Gasteiger partial charge in [-0.15, -0.1) is 10.2 Å². The second kappa shape index (κ2) is 5.36. The minimum atomic E-state index is 0.305. The summed E-state index contributed by atoms with van der Waals surface area (Å²) < 4.78 is 12.8. The molecule has 2 aromatic heterocycles. The van der Waals surface area contributed by atoms with Crippen molar-refractivity contribution in [2.45, 2.75) is 25.2 Å². The molecule has 1 N–H and O–H groups in total. The Labute approximate surface area is 138 Å². The first-order valence-corrected chi connectivity index (χ1v) is 8.20. The summed E-state index contributed by atoms with van der Waals surface area (Å²) in [5, 5.41) is 12.0. The van der Waals surface area contributed by atoms with Crippen molar-refractivity contribution in [2.24, 2.45) is 0 Å². The largest absolute Gasteiger partial charge is 0.454 e. The van der Waals surface area contributed by atoms with E-state index in [4.69, 9.17) is 9.47 Å². The van der Waals surface area contributed by atoms with Crippen LogP contribution in [0.15, 0.2) is 30.6 Å². The van der Waals surface area contributed by atoms with E-state index in [9.17, 15) is 0 Å². The van der Waals surface area contributed by atoms with Crippen LogP contribution >= 0.6 is 0 Å². The number of benzene rings is 1. The van der Waals surface area contributed by atoms with Crippen LogP contribution in [-0.4, -0.2) is 32.9 Å². The molecule has 3 aromatic rings. The fraction of sp³-hybridized carbons (Fsp3) is 0.353. The molecule has 0 bridgehead atoms. The first-order chi connectivity index (χ1) is 11.9. The van der Waals surface area contributed by atoms with Crippen LogP contribution < -0.4 is 14.8 Å². The molecule has 0 saturated heterocycles. The molecule has 1 saturated carbocycles. The van der Waals surface area contributed by atoms with Gasteiger partial charge < -0.3 is 14.8 Å². The van der Waals surface area contributed by atoms with E-state index in [0.29, 0.717) is 12.7 Å². The lowest BCUT2D eigenvalue weighted by atomic mass is 10.1. The Balaban J connectivity index is 1.31. The molecule has 122 valence electrons. The molecule has 3 heterocycles. The van der Waals surface area contributed by atoms with Crippen LogP contribution in [0.3, 0.4) is 0 Å². The summed E-state index contributed by atoms with van der Waals surface area (Å²) in [6.45, 7) is 1.07. The highest BCUT2D eigenvalue weighted by molar-refractivity contribution is 5.62. The lowest BCUT2D eigenvalue weighted by Crippen LogP contribution is -2.08. The number of hydrogen-bond donors (Lipinski definition) is 1. The molecule has 24 heavy (non-hydrogen) atoms. The van der Waals surface area contributed by atoms with Gasteiger partial charge in [-0.1, -0.05) is 6.07 Å². The molecular weight excluding hydrogens is 306 g/mol. The van der Waals surface area contributed by atoms with E-state index >= 15 is 0 Å². The summed E-state index contributed by atoms with van der Waals surface area (Å²) in [6, 6.07) is 6.04. The van der Waals surface area contributed by atoms with Crippen LogP contribution in [-0.2, 0) is 6.42 Å². The van der Waals surface area contributed by atoms with Crippen molar-refractivity contribution in [3.8, 4) is 11.5 Å². The van der Waals surface area contributed by atoms with E-state index in [1.165, 1.54) is 18.4 Å². The van der Waals surface area contributed by atoms with Crippen LogP contribution in [0.25, 0.3) is 5.65 Å². The maximum Gasteiger partial charge on any atom is 0.231 e.